The van der Waals surface area contributed by atoms with Gasteiger partial charge in [-0.05, 0) is 18.8 Å². The number of esters is 1. The number of aliphatic carboxylic acids is 1. The van der Waals surface area contributed by atoms with Crippen LogP contribution in [0.5, 0.6) is 0 Å². The standard InChI is InChI=1S/C10H18O4/c1-8(2)4-3-7-14-10(13)6-5-9(11)12/h8H,3-7H2,1-2H3,(H,11,12). The summed E-state index contributed by atoms with van der Waals surface area (Å²) in [6.07, 6.45) is 1.68. The molecule has 0 fully saturated rings. The van der Waals surface area contributed by atoms with Crippen LogP contribution in [0.4, 0.5) is 0 Å². The first-order valence-electron chi connectivity index (χ1n) is 4.89. The Morgan fingerprint density at radius 2 is 1.93 bits per heavy atom. The van der Waals surface area contributed by atoms with Crippen LogP contribution < -0.4 is 0 Å². The van der Waals surface area contributed by atoms with Crippen LogP contribution in [0, 0.1) is 5.92 Å². The van der Waals surface area contributed by atoms with Crippen LogP contribution in [0.3, 0.4) is 0 Å². The van der Waals surface area contributed by atoms with Gasteiger partial charge in [-0.25, -0.2) is 0 Å². The summed E-state index contributed by atoms with van der Waals surface area (Å²) in [6.45, 7) is 4.61. The molecule has 0 bridgehead atoms. The van der Waals surface area contributed by atoms with Gasteiger partial charge in [0, 0.05) is 0 Å². The van der Waals surface area contributed by atoms with Crippen molar-refractivity contribution >= 4 is 11.9 Å². The molecular weight excluding hydrogens is 184 g/mol. The van der Waals surface area contributed by atoms with Crippen molar-refractivity contribution in [2.45, 2.75) is 39.5 Å². The predicted octanol–water partition coefficient (Wildman–Crippen LogP) is 1.83. The highest BCUT2D eigenvalue weighted by Gasteiger charge is 2.06. The van der Waals surface area contributed by atoms with E-state index in [0.29, 0.717) is 12.5 Å². The van der Waals surface area contributed by atoms with Crippen molar-refractivity contribution in [3.05, 3.63) is 0 Å². The van der Waals surface area contributed by atoms with Crippen LogP contribution in [0.2, 0.25) is 0 Å². The van der Waals surface area contributed by atoms with Crippen molar-refractivity contribution in [2.75, 3.05) is 6.61 Å². The van der Waals surface area contributed by atoms with Gasteiger partial charge in [0.2, 0.25) is 0 Å². The number of hydrogen-bond donors (Lipinski definition) is 1. The zero-order valence-electron chi connectivity index (χ0n) is 8.78. The highest BCUT2D eigenvalue weighted by molar-refractivity contribution is 5.76. The molecule has 0 radical (unpaired) electrons. The van der Waals surface area contributed by atoms with Crippen LogP contribution in [-0.4, -0.2) is 23.7 Å². The Hall–Kier alpha value is -1.06. The maximum atomic E-state index is 10.9. The first kappa shape index (κ1) is 12.9. The smallest absolute Gasteiger partial charge is 0.306 e. The minimum Gasteiger partial charge on any atom is -0.481 e. The average Bonchev–Trinajstić information content (AvgIpc) is 2.08. The largest absolute Gasteiger partial charge is 0.481 e. The summed E-state index contributed by atoms with van der Waals surface area (Å²) in [6, 6.07) is 0. The van der Waals surface area contributed by atoms with Gasteiger partial charge in [-0.2, -0.15) is 0 Å². The van der Waals surface area contributed by atoms with Crippen LogP contribution in [0.15, 0.2) is 0 Å². The Morgan fingerprint density at radius 1 is 1.29 bits per heavy atom. The van der Waals surface area contributed by atoms with Gasteiger partial charge in [0.1, 0.15) is 0 Å². The van der Waals surface area contributed by atoms with E-state index >= 15 is 0 Å². The third-order valence-corrected chi connectivity index (χ3v) is 1.73. The fourth-order valence-electron chi connectivity index (χ4n) is 0.959. The van der Waals surface area contributed by atoms with Gasteiger partial charge in [-0.1, -0.05) is 13.8 Å². The quantitative estimate of drug-likeness (QED) is 0.505. The third-order valence-electron chi connectivity index (χ3n) is 1.73. The van der Waals surface area contributed by atoms with E-state index in [9.17, 15) is 9.59 Å². The monoisotopic (exact) mass is 202 g/mol. The lowest BCUT2D eigenvalue weighted by atomic mass is 10.1. The summed E-state index contributed by atoms with van der Waals surface area (Å²) in [7, 11) is 0. The summed E-state index contributed by atoms with van der Waals surface area (Å²) >= 11 is 0. The normalized spacial score (nSPS) is 10.2. The van der Waals surface area contributed by atoms with E-state index in [4.69, 9.17) is 9.84 Å². The number of carboxylic acid groups (broad SMARTS) is 1. The molecule has 82 valence electrons. The summed E-state index contributed by atoms with van der Waals surface area (Å²) in [4.78, 5) is 21.0. The average molecular weight is 202 g/mol. The van der Waals surface area contributed by atoms with Crippen LogP contribution >= 0.6 is 0 Å². The number of rotatable bonds is 7. The first-order valence-corrected chi connectivity index (χ1v) is 4.89. The molecule has 0 saturated carbocycles. The predicted molar refractivity (Wildman–Crippen MR) is 51.9 cm³/mol. The number of carboxylic acids is 1. The molecular formula is C10H18O4. The summed E-state index contributed by atoms with van der Waals surface area (Å²) in [5.74, 6) is -0.784. The second-order valence-corrected chi connectivity index (χ2v) is 3.65. The Bertz CT molecular complexity index is 187. The molecule has 0 unspecified atom stereocenters. The van der Waals surface area contributed by atoms with Crippen molar-refractivity contribution in [1.82, 2.24) is 0 Å². The fraction of sp³-hybridized carbons (Fsp3) is 0.800. The molecule has 0 aliphatic rings. The minimum atomic E-state index is -0.968. The molecule has 0 aliphatic carbocycles. The molecule has 0 rings (SSSR count). The number of ether oxygens (including phenoxy) is 1. The highest BCUT2D eigenvalue weighted by atomic mass is 16.5. The van der Waals surface area contributed by atoms with E-state index in [2.05, 4.69) is 13.8 Å². The van der Waals surface area contributed by atoms with Crippen molar-refractivity contribution in [3.63, 3.8) is 0 Å². The van der Waals surface area contributed by atoms with Crippen LogP contribution in [0.1, 0.15) is 39.5 Å². The lowest BCUT2D eigenvalue weighted by molar-refractivity contribution is -0.147. The van der Waals surface area contributed by atoms with Crippen molar-refractivity contribution in [1.29, 1.82) is 0 Å². The Balaban J connectivity index is 3.31. The summed E-state index contributed by atoms with van der Waals surface area (Å²) < 4.78 is 4.84. The SMILES string of the molecule is CC(C)CCCOC(=O)CCC(=O)O. The summed E-state index contributed by atoms with van der Waals surface area (Å²) in [5, 5.41) is 8.30. The second kappa shape index (κ2) is 7.35. The first-order chi connectivity index (χ1) is 6.52. The van der Waals surface area contributed by atoms with E-state index in [1.165, 1.54) is 0 Å². The molecule has 0 atom stereocenters. The molecule has 4 heteroatoms. The van der Waals surface area contributed by atoms with E-state index in [0.717, 1.165) is 12.8 Å². The topological polar surface area (TPSA) is 63.6 Å². The summed E-state index contributed by atoms with van der Waals surface area (Å²) in [5.41, 5.74) is 0. The van der Waals surface area contributed by atoms with Crippen molar-refractivity contribution in [3.8, 4) is 0 Å². The lowest BCUT2D eigenvalue weighted by Gasteiger charge is -2.05. The van der Waals surface area contributed by atoms with Gasteiger partial charge in [-0.3, -0.25) is 9.59 Å². The number of carbonyl (C=O) groups is 2. The molecule has 0 amide bonds. The molecule has 0 aromatic rings. The van der Waals surface area contributed by atoms with Crippen molar-refractivity contribution < 1.29 is 19.4 Å². The van der Waals surface area contributed by atoms with E-state index in [1.807, 2.05) is 0 Å². The van der Waals surface area contributed by atoms with Crippen LogP contribution in [0.25, 0.3) is 0 Å². The van der Waals surface area contributed by atoms with E-state index < -0.39 is 11.9 Å². The maximum absolute atomic E-state index is 10.9. The van der Waals surface area contributed by atoms with Gasteiger partial charge < -0.3 is 9.84 Å². The number of carbonyl (C=O) groups excluding carboxylic acids is 1. The third kappa shape index (κ3) is 9.03. The van der Waals surface area contributed by atoms with Gasteiger partial charge in [0.15, 0.2) is 0 Å². The van der Waals surface area contributed by atoms with Crippen molar-refractivity contribution in [2.24, 2.45) is 5.92 Å². The Morgan fingerprint density at radius 3 is 2.43 bits per heavy atom. The van der Waals surface area contributed by atoms with E-state index in [1.54, 1.807) is 0 Å². The second-order valence-electron chi connectivity index (χ2n) is 3.65. The zero-order chi connectivity index (χ0) is 11.0. The van der Waals surface area contributed by atoms with Gasteiger partial charge in [-0.15, -0.1) is 0 Å². The van der Waals surface area contributed by atoms with Gasteiger partial charge >= 0.3 is 11.9 Å². The Labute approximate surface area is 84.3 Å². The molecule has 0 saturated heterocycles. The highest BCUT2D eigenvalue weighted by Crippen LogP contribution is 2.03. The molecule has 0 aliphatic heterocycles. The number of hydrogen-bond acceptors (Lipinski definition) is 3. The zero-order valence-corrected chi connectivity index (χ0v) is 8.78. The Kier molecular flexibility index (Phi) is 6.80. The fourth-order valence-corrected chi connectivity index (χ4v) is 0.959. The molecule has 0 heterocycles. The minimum absolute atomic E-state index is 0.0307. The lowest BCUT2D eigenvalue weighted by Crippen LogP contribution is -2.08. The molecule has 4 nitrogen and oxygen atoms in total. The van der Waals surface area contributed by atoms with E-state index in [-0.39, 0.29) is 12.8 Å². The molecule has 14 heavy (non-hydrogen) atoms. The molecule has 0 aromatic heterocycles. The molecule has 1 N–H and O–H groups in total. The van der Waals surface area contributed by atoms with Gasteiger partial charge in [0.25, 0.3) is 0 Å². The molecule has 0 spiro atoms. The van der Waals surface area contributed by atoms with Crippen LogP contribution in [-0.2, 0) is 14.3 Å². The maximum Gasteiger partial charge on any atom is 0.306 e. The molecule has 0 aromatic carbocycles. The van der Waals surface area contributed by atoms with Gasteiger partial charge in [0.05, 0.1) is 19.4 Å².